The van der Waals surface area contributed by atoms with E-state index in [9.17, 15) is 9.59 Å². The summed E-state index contributed by atoms with van der Waals surface area (Å²) in [6.45, 7) is 7.06. The summed E-state index contributed by atoms with van der Waals surface area (Å²) in [6.07, 6.45) is 4.77. The molecule has 0 bridgehead atoms. The van der Waals surface area contributed by atoms with Crippen LogP contribution in [0.5, 0.6) is 0 Å². The van der Waals surface area contributed by atoms with Gasteiger partial charge in [0.1, 0.15) is 0 Å². The third-order valence-corrected chi connectivity index (χ3v) is 3.45. The minimum Gasteiger partial charge on any atom is -0.481 e. The second-order valence-corrected chi connectivity index (χ2v) is 5.59. The molecule has 0 radical (unpaired) electrons. The molecule has 0 aromatic carbocycles. The van der Waals surface area contributed by atoms with Gasteiger partial charge in [-0.25, -0.2) is 0 Å². The van der Waals surface area contributed by atoms with Crippen LogP contribution in [0.15, 0.2) is 0 Å². The van der Waals surface area contributed by atoms with Gasteiger partial charge in [0.2, 0.25) is 0 Å². The van der Waals surface area contributed by atoms with Crippen molar-refractivity contribution in [3.63, 3.8) is 0 Å². The first-order chi connectivity index (χ1) is 11.1. The maximum Gasteiger partial charge on any atom is 0.303 e. The highest BCUT2D eigenvalue weighted by atomic mass is 16.5. The lowest BCUT2D eigenvalue weighted by Gasteiger charge is -2.17. The van der Waals surface area contributed by atoms with E-state index >= 15 is 0 Å². The Morgan fingerprint density at radius 3 is 2.13 bits per heavy atom. The number of hydrogen-bond donors (Lipinski definition) is 2. The summed E-state index contributed by atoms with van der Waals surface area (Å²) in [7, 11) is 0. The SMILES string of the molecule is CCCCOCCN[C@@H](CCC(=O)O)C(=O)CCOCCCC. The number of aliphatic carboxylic acids is 1. The first kappa shape index (κ1) is 22.0. The molecule has 0 unspecified atom stereocenters. The minimum absolute atomic E-state index is 0.0105. The highest BCUT2D eigenvalue weighted by Crippen LogP contribution is 2.03. The van der Waals surface area contributed by atoms with Crippen LogP contribution in [0.25, 0.3) is 0 Å². The van der Waals surface area contributed by atoms with Gasteiger partial charge in [0, 0.05) is 32.6 Å². The van der Waals surface area contributed by atoms with Gasteiger partial charge in [-0.3, -0.25) is 9.59 Å². The van der Waals surface area contributed by atoms with Crippen molar-refractivity contribution in [2.24, 2.45) is 0 Å². The van der Waals surface area contributed by atoms with E-state index in [0.717, 1.165) is 32.3 Å². The first-order valence-electron chi connectivity index (χ1n) is 8.75. The molecule has 0 aliphatic heterocycles. The van der Waals surface area contributed by atoms with E-state index in [4.69, 9.17) is 14.6 Å². The molecule has 2 N–H and O–H groups in total. The number of rotatable bonds is 17. The standard InChI is InChI=1S/C17H33NO5/c1-3-5-11-22-13-9-16(19)15(7-8-17(20)21)18-10-14-23-12-6-4-2/h15,18H,3-14H2,1-2H3,(H,20,21)/t15-/m0/s1. The second-order valence-electron chi connectivity index (χ2n) is 5.59. The van der Waals surface area contributed by atoms with Crippen LogP contribution in [0.1, 0.15) is 58.8 Å². The van der Waals surface area contributed by atoms with E-state index in [1.807, 2.05) is 0 Å². The normalized spacial score (nSPS) is 12.3. The lowest BCUT2D eigenvalue weighted by atomic mass is 10.0. The van der Waals surface area contributed by atoms with Gasteiger partial charge in [-0.2, -0.15) is 0 Å². The number of ketones is 1. The van der Waals surface area contributed by atoms with Gasteiger partial charge in [0.25, 0.3) is 0 Å². The molecule has 0 spiro atoms. The predicted octanol–water partition coefficient (Wildman–Crippen LogP) is 2.40. The molecule has 0 aliphatic carbocycles. The number of carbonyl (C=O) groups is 2. The minimum atomic E-state index is -0.886. The third-order valence-electron chi connectivity index (χ3n) is 3.45. The Hall–Kier alpha value is -0.980. The molecule has 0 saturated heterocycles. The fourth-order valence-corrected chi connectivity index (χ4v) is 1.99. The topological polar surface area (TPSA) is 84.9 Å². The predicted molar refractivity (Wildman–Crippen MR) is 89.7 cm³/mol. The van der Waals surface area contributed by atoms with Crippen molar-refractivity contribution in [2.45, 2.75) is 64.8 Å². The average Bonchev–Trinajstić information content (AvgIpc) is 2.52. The van der Waals surface area contributed by atoms with Gasteiger partial charge >= 0.3 is 5.97 Å². The quantitative estimate of drug-likeness (QED) is 0.398. The molecule has 0 rings (SSSR count). The number of carboxylic acids is 1. The zero-order valence-corrected chi connectivity index (χ0v) is 14.6. The number of hydrogen-bond acceptors (Lipinski definition) is 5. The Morgan fingerprint density at radius 1 is 0.957 bits per heavy atom. The van der Waals surface area contributed by atoms with Crippen LogP contribution in [-0.4, -0.2) is 55.9 Å². The molecule has 1 atom stereocenters. The van der Waals surface area contributed by atoms with E-state index in [1.54, 1.807) is 0 Å². The lowest BCUT2D eigenvalue weighted by molar-refractivity contribution is -0.137. The Labute approximate surface area is 139 Å². The Bertz CT molecular complexity index is 309. The molecule has 23 heavy (non-hydrogen) atoms. The lowest BCUT2D eigenvalue weighted by Crippen LogP contribution is -2.39. The largest absolute Gasteiger partial charge is 0.481 e. The Morgan fingerprint density at radius 2 is 1.57 bits per heavy atom. The van der Waals surface area contributed by atoms with Crippen LogP contribution in [0.3, 0.4) is 0 Å². The van der Waals surface area contributed by atoms with Gasteiger partial charge < -0.3 is 19.9 Å². The fraction of sp³-hybridized carbons (Fsp3) is 0.882. The summed E-state index contributed by atoms with van der Waals surface area (Å²) < 4.78 is 10.8. The van der Waals surface area contributed by atoms with Crippen LogP contribution in [-0.2, 0) is 19.1 Å². The van der Waals surface area contributed by atoms with Gasteiger partial charge in [-0.05, 0) is 19.3 Å². The van der Waals surface area contributed by atoms with Gasteiger partial charge in [-0.15, -0.1) is 0 Å². The number of carboxylic acid groups (broad SMARTS) is 1. The molecular formula is C17H33NO5. The zero-order valence-electron chi connectivity index (χ0n) is 14.6. The van der Waals surface area contributed by atoms with Crippen molar-refractivity contribution in [3.05, 3.63) is 0 Å². The van der Waals surface area contributed by atoms with Crippen molar-refractivity contribution < 1.29 is 24.2 Å². The van der Waals surface area contributed by atoms with Crippen molar-refractivity contribution in [1.29, 1.82) is 0 Å². The molecule has 136 valence electrons. The van der Waals surface area contributed by atoms with Gasteiger partial charge in [-0.1, -0.05) is 26.7 Å². The number of nitrogens with one attached hydrogen (secondary N) is 1. The molecule has 0 saturated carbocycles. The summed E-state index contributed by atoms with van der Waals surface area (Å²) in [5.41, 5.74) is 0. The molecule has 0 fully saturated rings. The summed E-state index contributed by atoms with van der Waals surface area (Å²) in [5, 5.41) is 11.9. The molecule has 0 aromatic rings. The highest BCUT2D eigenvalue weighted by Gasteiger charge is 2.18. The van der Waals surface area contributed by atoms with Crippen LogP contribution in [0.2, 0.25) is 0 Å². The van der Waals surface area contributed by atoms with Crippen LogP contribution < -0.4 is 5.32 Å². The van der Waals surface area contributed by atoms with E-state index < -0.39 is 12.0 Å². The highest BCUT2D eigenvalue weighted by molar-refractivity contribution is 5.84. The molecule has 0 aliphatic rings. The zero-order chi connectivity index (χ0) is 17.3. The van der Waals surface area contributed by atoms with Crippen LogP contribution >= 0.6 is 0 Å². The molecular weight excluding hydrogens is 298 g/mol. The molecule has 6 heteroatoms. The third kappa shape index (κ3) is 14.3. The maximum absolute atomic E-state index is 12.2. The van der Waals surface area contributed by atoms with E-state index in [-0.39, 0.29) is 12.2 Å². The molecule has 0 amide bonds. The number of Topliss-reactive ketones (excluding diaryl/α,β-unsaturated/α-hetero) is 1. The van der Waals surface area contributed by atoms with Crippen molar-refractivity contribution in [2.75, 3.05) is 33.0 Å². The van der Waals surface area contributed by atoms with Gasteiger partial charge in [0.05, 0.1) is 19.3 Å². The van der Waals surface area contributed by atoms with Crippen LogP contribution in [0, 0.1) is 0 Å². The number of unbranched alkanes of at least 4 members (excludes halogenated alkanes) is 2. The summed E-state index contributed by atoms with van der Waals surface area (Å²) in [6, 6.07) is -0.435. The Kier molecular flexibility index (Phi) is 15.2. The maximum atomic E-state index is 12.2. The van der Waals surface area contributed by atoms with Gasteiger partial charge in [0.15, 0.2) is 5.78 Å². The van der Waals surface area contributed by atoms with E-state index in [2.05, 4.69) is 19.2 Å². The Balaban J connectivity index is 4.00. The smallest absolute Gasteiger partial charge is 0.303 e. The fourth-order valence-electron chi connectivity index (χ4n) is 1.99. The average molecular weight is 331 g/mol. The summed E-state index contributed by atoms with van der Waals surface area (Å²) in [4.78, 5) is 22.9. The molecule has 0 aromatic heterocycles. The number of carbonyl (C=O) groups excluding carboxylic acids is 1. The molecule has 6 nitrogen and oxygen atoms in total. The van der Waals surface area contributed by atoms with Crippen molar-refractivity contribution >= 4 is 11.8 Å². The van der Waals surface area contributed by atoms with Crippen LogP contribution in [0.4, 0.5) is 0 Å². The summed E-state index contributed by atoms with van der Waals surface area (Å²) >= 11 is 0. The van der Waals surface area contributed by atoms with E-state index in [0.29, 0.717) is 39.2 Å². The monoisotopic (exact) mass is 331 g/mol. The van der Waals surface area contributed by atoms with Crippen molar-refractivity contribution in [3.8, 4) is 0 Å². The number of ether oxygens (including phenoxy) is 2. The van der Waals surface area contributed by atoms with Crippen molar-refractivity contribution in [1.82, 2.24) is 5.32 Å². The first-order valence-corrected chi connectivity index (χ1v) is 8.75. The molecule has 0 heterocycles. The van der Waals surface area contributed by atoms with E-state index in [1.165, 1.54) is 0 Å². The second kappa shape index (κ2) is 15.9. The summed E-state index contributed by atoms with van der Waals surface area (Å²) in [5.74, 6) is -0.876.